The number of hydrazine groups is 1. The van der Waals surface area contributed by atoms with Crippen molar-refractivity contribution in [2.75, 3.05) is 13.1 Å². The van der Waals surface area contributed by atoms with E-state index in [-0.39, 0.29) is 12.0 Å². The Morgan fingerprint density at radius 1 is 1.36 bits per heavy atom. The van der Waals surface area contributed by atoms with Crippen LogP contribution < -0.4 is 11.3 Å². The summed E-state index contributed by atoms with van der Waals surface area (Å²) < 4.78 is 5.35. The monoisotopic (exact) mass is 307 g/mol. The van der Waals surface area contributed by atoms with Gasteiger partial charge in [0.05, 0.1) is 5.56 Å². The maximum Gasteiger partial charge on any atom is 0.410 e. The number of carbonyl (C=O) groups excluding carboxylic acids is 2. The Morgan fingerprint density at radius 3 is 2.55 bits per heavy atom. The fourth-order valence-electron chi connectivity index (χ4n) is 2.21. The molecule has 1 saturated heterocycles. The molecule has 2 heterocycles. The second-order valence-electron chi connectivity index (χ2n) is 6.22. The van der Waals surface area contributed by atoms with Gasteiger partial charge < -0.3 is 9.64 Å². The van der Waals surface area contributed by atoms with Crippen LogP contribution in [0, 0.1) is 0 Å². The lowest BCUT2D eigenvalue weighted by Gasteiger charge is -2.24. The molecule has 2 rings (SSSR count). The molecule has 0 spiro atoms. The fraction of sp³-hybridized carbons (Fsp3) is 0.571. The van der Waals surface area contributed by atoms with Crippen LogP contribution in [-0.4, -0.2) is 45.6 Å². The van der Waals surface area contributed by atoms with Gasteiger partial charge in [0.15, 0.2) is 0 Å². The van der Waals surface area contributed by atoms with Crippen LogP contribution in [0.25, 0.3) is 0 Å². The minimum absolute atomic E-state index is 0.0440. The van der Waals surface area contributed by atoms with Gasteiger partial charge in [-0.15, -0.1) is 0 Å². The van der Waals surface area contributed by atoms with Crippen molar-refractivity contribution in [2.24, 2.45) is 5.84 Å². The van der Waals surface area contributed by atoms with Gasteiger partial charge in [-0.3, -0.25) is 10.2 Å². The first kappa shape index (κ1) is 16.2. The summed E-state index contributed by atoms with van der Waals surface area (Å²) in [5.74, 6) is 5.27. The lowest BCUT2D eigenvalue weighted by molar-refractivity contribution is 0.0292. The number of aromatic nitrogens is 2. The minimum Gasteiger partial charge on any atom is -0.444 e. The van der Waals surface area contributed by atoms with Gasteiger partial charge in [0.25, 0.3) is 5.91 Å². The summed E-state index contributed by atoms with van der Waals surface area (Å²) in [6, 6.07) is 0. The van der Waals surface area contributed by atoms with Gasteiger partial charge in [-0.2, -0.15) is 0 Å². The van der Waals surface area contributed by atoms with Crippen LogP contribution in [-0.2, 0) is 4.74 Å². The third-order valence-electron chi connectivity index (χ3n) is 3.27. The van der Waals surface area contributed by atoms with Crippen molar-refractivity contribution in [3.8, 4) is 0 Å². The van der Waals surface area contributed by atoms with E-state index in [1.54, 1.807) is 4.90 Å². The van der Waals surface area contributed by atoms with Gasteiger partial charge in [0.2, 0.25) is 0 Å². The highest BCUT2D eigenvalue weighted by molar-refractivity contribution is 5.93. The fourth-order valence-corrected chi connectivity index (χ4v) is 2.21. The van der Waals surface area contributed by atoms with Crippen LogP contribution in [0.15, 0.2) is 12.4 Å². The Balaban J connectivity index is 1.98. The summed E-state index contributed by atoms with van der Waals surface area (Å²) >= 11 is 0. The highest BCUT2D eigenvalue weighted by Gasteiger charge is 2.31. The number of nitrogens with zero attached hydrogens (tertiary/aromatic N) is 3. The number of ether oxygens (including phenoxy) is 1. The number of nitrogens with one attached hydrogen (secondary N) is 1. The van der Waals surface area contributed by atoms with Crippen LogP contribution in [0.5, 0.6) is 0 Å². The van der Waals surface area contributed by atoms with Crippen molar-refractivity contribution >= 4 is 12.0 Å². The molecule has 0 saturated carbocycles. The molecule has 1 aromatic rings. The SMILES string of the molecule is CC(C)(C)OC(=O)N1CCC(c2ncc(C(=O)NN)cn2)C1. The number of rotatable bonds is 2. The van der Waals surface area contributed by atoms with E-state index < -0.39 is 11.5 Å². The first-order valence-electron chi connectivity index (χ1n) is 7.11. The lowest BCUT2D eigenvalue weighted by Crippen LogP contribution is -2.35. The van der Waals surface area contributed by atoms with E-state index in [9.17, 15) is 9.59 Å². The molecule has 0 aromatic carbocycles. The number of nitrogen functional groups attached to an aromatic ring is 1. The molecule has 3 N–H and O–H groups in total. The molecule has 2 amide bonds. The Morgan fingerprint density at radius 2 is 2.00 bits per heavy atom. The van der Waals surface area contributed by atoms with Gasteiger partial charge in [0, 0.05) is 31.4 Å². The van der Waals surface area contributed by atoms with E-state index in [0.29, 0.717) is 24.5 Å². The Labute approximate surface area is 129 Å². The van der Waals surface area contributed by atoms with E-state index >= 15 is 0 Å². The van der Waals surface area contributed by atoms with Crippen LogP contribution in [0.2, 0.25) is 0 Å². The van der Waals surface area contributed by atoms with Gasteiger partial charge in [-0.25, -0.2) is 20.6 Å². The first-order valence-corrected chi connectivity index (χ1v) is 7.11. The van der Waals surface area contributed by atoms with E-state index in [0.717, 1.165) is 6.42 Å². The Kier molecular flexibility index (Phi) is 4.60. The Hall–Kier alpha value is -2.22. The number of likely N-dealkylation sites (tertiary alicyclic amines) is 1. The van der Waals surface area contributed by atoms with Crippen LogP contribution >= 0.6 is 0 Å². The van der Waals surface area contributed by atoms with Gasteiger partial charge in [-0.05, 0) is 27.2 Å². The highest BCUT2D eigenvalue weighted by Crippen LogP contribution is 2.25. The smallest absolute Gasteiger partial charge is 0.410 e. The van der Waals surface area contributed by atoms with Gasteiger partial charge >= 0.3 is 6.09 Å². The number of hydrogen-bond donors (Lipinski definition) is 2. The topological polar surface area (TPSA) is 110 Å². The van der Waals surface area contributed by atoms with E-state index in [1.807, 2.05) is 26.2 Å². The normalized spacial score (nSPS) is 18.2. The molecule has 0 radical (unpaired) electrons. The highest BCUT2D eigenvalue weighted by atomic mass is 16.6. The van der Waals surface area contributed by atoms with Gasteiger partial charge in [0.1, 0.15) is 11.4 Å². The maximum atomic E-state index is 12.0. The molecular weight excluding hydrogens is 286 g/mol. The largest absolute Gasteiger partial charge is 0.444 e. The summed E-state index contributed by atoms with van der Waals surface area (Å²) in [7, 11) is 0. The number of carbonyl (C=O) groups is 2. The summed E-state index contributed by atoms with van der Waals surface area (Å²) in [4.78, 5) is 33.4. The molecule has 1 aliphatic heterocycles. The zero-order valence-electron chi connectivity index (χ0n) is 13.0. The third-order valence-corrected chi connectivity index (χ3v) is 3.27. The Bertz CT molecular complexity index is 553. The molecule has 1 fully saturated rings. The summed E-state index contributed by atoms with van der Waals surface area (Å²) in [6.45, 7) is 6.62. The molecule has 22 heavy (non-hydrogen) atoms. The van der Waals surface area contributed by atoms with Crippen LogP contribution in [0.3, 0.4) is 0 Å². The minimum atomic E-state index is -0.511. The second-order valence-corrected chi connectivity index (χ2v) is 6.22. The van der Waals surface area contributed by atoms with Gasteiger partial charge in [-0.1, -0.05) is 0 Å². The number of amides is 2. The molecule has 0 aliphatic carbocycles. The predicted octanol–water partition coefficient (Wildman–Crippen LogP) is 0.805. The standard InChI is InChI=1S/C14H21N5O3/c1-14(2,3)22-13(21)19-5-4-9(8-19)11-16-6-10(7-17-11)12(20)18-15/h6-7,9H,4-5,8,15H2,1-3H3,(H,18,20). The summed E-state index contributed by atoms with van der Waals surface area (Å²) in [5, 5.41) is 0. The molecular formula is C14H21N5O3. The molecule has 8 heteroatoms. The summed E-state index contributed by atoms with van der Waals surface area (Å²) in [5.41, 5.74) is 1.81. The van der Waals surface area contributed by atoms with Crippen LogP contribution in [0.1, 0.15) is 49.3 Å². The lowest BCUT2D eigenvalue weighted by atomic mass is 10.1. The summed E-state index contributed by atoms with van der Waals surface area (Å²) in [6.07, 6.45) is 3.30. The average Bonchev–Trinajstić information content (AvgIpc) is 2.95. The number of nitrogens with two attached hydrogens (primary N) is 1. The van der Waals surface area contributed by atoms with Crippen LogP contribution in [0.4, 0.5) is 4.79 Å². The maximum absolute atomic E-state index is 12.0. The molecule has 1 atom stereocenters. The molecule has 1 aliphatic rings. The average molecular weight is 307 g/mol. The number of hydrogen-bond acceptors (Lipinski definition) is 6. The van der Waals surface area contributed by atoms with Crippen molar-refractivity contribution in [1.29, 1.82) is 0 Å². The zero-order chi connectivity index (χ0) is 16.3. The van der Waals surface area contributed by atoms with Crippen molar-refractivity contribution in [2.45, 2.75) is 38.7 Å². The van der Waals surface area contributed by atoms with E-state index in [4.69, 9.17) is 10.6 Å². The molecule has 120 valence electrons. The van der Waals surface area contributed by atoms with Crippen molar-refractivity contribution in [1.82, 2.24) is 20.3 Å². The molecule has 0 bridgehead atoms. The molecule has 1 aromatic heterocycles. The predicted molar refractivity (Wildman–Crippen MR) is 78.9 cm³/mol. The molecule has 1 unspecified atom stereocenters. The first-order chi connectivity index (χ1) is 10.3. The van der Waals surface area contributed by atoms with Crippen molar-refractivity contribution < 1.29 is 14.3 Å². The van der Waals surface area contributed by atoms with Crippen molar-refractivity contribution in [3.63, 3.8) is 0 Å². The van der Waals surface area contributed by atoms with E-state index in [2.05, 4.69) is 9.97 Å². The molecule has 8 nitrogen and oxygen atoms in total. The van der Waals surface area contributed by atoms with Crippen molar-refractivity contribution in [3.05, 3.63) is 23.8 Å². The third kappa shape index (κ3) is 3.91. The second kappa shape index (κ2) is 6.27. The van der Waals surface area contributed by atoms with E-state index in [1.165, 1.54) is 12.4 Å². The quantitative estimate of drug-likeness (QED) is 0.475. The zero-order valence-corrected chi connectivity index (χ0v) is 13.0.